The molecule has 0 aliphatic carbocycles. The Labute approximate surface area is 162 Å². The number of benzene rings is 1. The van der Waals surface area contributed by atoms with E-state index >= 15 is 0 Å². The average molecular weight is 403 g/mol. The summed E-state index contributed by atoms with van der Waals surface area (Å²) in [5.41, 5.74) is 7.35. The van der Waals surface area contributed by atoms with Gasteiger partial charge in [-0.05, 0) is 30.7 Å². The number of aromatic nitrogens is 4. The van der Waals surface area contributed by atoms with Gasteiger partial charge in [0.2, 0.25) is 0 Å². The first kappa shape index (κ1) is 17.9. The van der Waals surface area contributed by atoms with Crippen LogP contribution < -0.4 is 5.73 Å². The monoisotopic (exact) mass is 403 g/mol. The Morgan fingerprint density at radius 2 is 2.07 bits per heavy atom. The van der Waals surface area contributed by atoms with Crippen LogP contribution in [0, 0.1) is 11.6 Å². The molecule has 0 aliphatic heterocycles. The Morgan fingerprint density at radius 3 is 2.81 bits per heavy atom. The van der Waals surface area contributed by atoms with Crippen molar-refractivity contribution in [3.63, 3.8) is 0 Å². The highest BCUT2D eigenvalue weighted by atomic mass is 32.2. The molecule has 0 fully saturated rings. The fourth-order valence-electron chi connectivity index (χ4n) is 2.75. The maximum absolute atomic E-state index is 13.9. The van der Waals surface area contributed by atoms with E-state index in [2.05, 4.69) is 15.2 Å². The Morgan fingerprint density at radius 1 is 1.22 bits per heavy atom. The van der Waals surface area contributed by atoms with Crippen LogP contribution in [0.15, 0.2) is 41.7 Å². The lowest BCUT2D eigenvalue weighted by atomic mass is 10.2. The highest BCUT2D eigenvalue weighted by Gasteiger charge is 2.20. The van der Waals surface area contributed by atoms with Crippen molar-refractivity contribution in [1.82, 2.24) is 19.7 Å². The van der Waals surface area contributed by atoms with Crippen molar-refractivity contribution in [3.05, 3.63) is 53.7 Å². The number of pyridine rings is 1. The van der Waals surface area contributed by atoms with Gasteiger partial charge in [0, 0.05) is 29.9 Å². The van der Waals surface area contributed by atoms with Gasteiger partial charge in [0.05, 0.1) is 10.6 Å². The van der Waals surface area contributed by atoms with E-state index in [0.717, 1.165) is 21.2 Å². The minimum absolute atomic E-state index is 0.327. The Hall–Kier alpha value is -2.52. The number of hydrogen-bond donors (Lipinski definition) is 1. The topological polar surface area (TPSA) is 69.6 Å². The van der Waals surface area contributed by atoms with Gasteiger partial charge in [-0.1, -0.05) is 17.8 Å². The van der Waals surface area contributed by atoms with Crippen molar-refractivity contribution in [3.8, 4) is 10.7 Å². The van der Waals surface area contributed by atoms with Crippen molar-refractivity contribution in [2.45, 2.75) is 24.4 Å². The average Bonchev–Trinajstić information content (AvgIpc) is 3.22. The van der Waals surface area contributed by atoms with Gasteiger partial charge < -0.3 is 10.3 Å². The molecular weight excluding hydrogens is 388 g/mol. The number of halogens is 2. The van der Waals surface area contributed by atoms with Gasteiger partial charge in [0.25, 0.3) is 0 Å². The second kappa shape index (κ2) is 7.24. The summed E-state index contributed by atoms with van der Waals surface area (Å²) in [5, 5.41) is 10.1. The third kappa shape index (κ3) is 3.28. The van der Waals surface area contributed by atoms with Crippen LogP contribution in [0.4, 0.5) is 14.5 Å². The molecule has 0 unspecified atom stereocenters. The van der Waals surface area contributed by atoms with E-state index in [9.17, 15) is 8.78 Å². The zero-order chi connectivity index (χ0) is 19.0. The zero-order valence-electron chi connectivity index (χ0n) is 14.3. The van der Waals surface area contributed by atoms with Gasteiger partial charge >= 0.3 is 0 Å². The molecule has 27 heavy (non-hydrogen) atoms. The molecule has 0 saturated carbocycles. The summed E-state index contributed by atoms with van der Waals surface area (Å²) in [6.45, 7) is 2.62. The Bertz CT molecular complexity index is 1120. The predicted octanol–water partition coefficient (Wildman–Crippen LogP) is 4.73. The summed E-state index contributed by atoms with van der Waals surface area (Å²) in [6.07, 6.45) is 1.73. The summed E-state index contributed by atoms with van der Waals surface area (Å²) in [4.78, 5) is 6.01. The van der Waals surface area contributed by atoms with Gasteiger partial charge in [-0.25, -0.2) is 13.8 Å². The maximum atomic E-state index is 13.9. The molecule has 4 aromatic rings. The lowest BCUT2D eigenvalue weighted by Crippen LogP contribution is -2.00. The van der Waals surface area contributed by atoms with Crippen molar-refractivity contribution in [2.24, 2.45) is 0 Å². The molecule has 5 nitrogen and oxygen atoms in total. The van der Waals surface area contributed by atoms with Gasteiger partial charge in [-0.2, -0.15) is 0 Å². The third-order valence-corrected chi connectivity index (χ3v) is 6.25. The van der Waals surface area contributed by atoms with Crippen LogP contribution in [0.5, 0.6) is 0 Å². The molecule has 0 bridgehead atoms. The molecule has 0 aliphatic rings. The smallest absolute Gasteiger partial charge is 0.191 e. The molecule has 9 heteroatoms. The number of thioether (sulfide) groups is 1. The summed E-state index contributed by atoms with van der Waals surface area (Å²) in [6, 6.07) is 7.35. The fraction of sp³-hybridized carbons (Fsp3) is 0.167. The van der Waals surface area contributed by atoms with E-state index in [0.29, 0.717) is 34.5 Å². The fourth-order valence-corrected chi connectivity index (χ4v) is 4.79. The van der Waals surface area contributed by atoms with Crippen molar-refractivity contribution in [1.29, 1.82) is 0 Å². The van der Waals surface area contributed by atoms with Crippen molar-refractivity contribution >= 4 is 39.0 Å². The molecule has 0 atom stereocenters. The van der Waals surface area contributed by atoms with E-state index in [1.165, 1.54) is 35.2 Å². The molecule has 1 aromatic carbocycles. The van der Waals surface area contributed by atoms with Crippen LogP contribution in [0.1, 0.15) is 12.5 Å². The summed E-state index contributed by atoms with van der Waals surface area (Å²) >= 11 is 2.82. The predicted molar refractivity (Wildman–Crippen MR) is 105 cm³/mol. The first-order valence-corrected chi connectivity index (χ1v) is 10.0. The van der Waals surface area contributed by atoms with E-state index < -0.39 is 11.6 Å². The SMILES string of the molecule is CCn1c(SCc2ccc(F)cc2F)nnc1-c1sc2ncccc2c1N. The minimum Gasteiger partial charge on any atom is -0.397 e. The molecule has 3 heterocycles. The summed E-state index contributed by atoms with van der Waals surface area (Å²) in [5.74, 6) is -0.160. The number of thiophene rings is 1. The van der Waals surface area contributed by atoms with Crippen LogP contribution in [0.25, 0.3) is 20.9 Å². The highest BCUT2D eigenvalue weighted by molar-refractivity contribution is 7.98. The maximum Gasteiger partial charge on any atom is 0.191 e. The second-order valence-corrected chi connectivity index (χ2v) is 7.72. The molecule has 0 amide bonds. The molecule has 0 radical (unpaired) electrons. The van der Waals surface area contributed by atoms with E-state index in [-0.39, 0.29) is 0 Å². The molecule has 2 N–H and O–H groups in total. The van der Waals surface area contributed by atoms with E-state index in [4.69, 9.17) is 5.73 Å². The molecule has 3 aromatic heterocycles. The second-order valence-electron chi connectivity index (χ2n) is 5.78. The van der Waals surface area contributed by atoms with Crippen LogP contribution >= 0.6 is 23.1 Å². The number of fused-ring (bicyclic) bond motifs is 1. The highest BCUT2D eigenvalue weighted by Crippen LogP contribution is 2.40. The quantitative estimate of drug-likeness (QED) is 0.488. The van der Waals surface area contributed by atoms with Crippen LogP contribution in [-0.2, 0) is 12.3 Å². The number of nitrogen functional groups attached to an aromatic ring is 1. The van der Waals surface area contributed by atoms with Crippen LogP contribution in [0.3, 0.4) is 0 Å². The van der Waals surface area contributed by atoms with Gasteiger partial charge in [0.1, 0.15) is 16.5 Å². The first-order chi connectivity index (χ1) is 13.1. The van der Waals surface area contributed by atoms with E-state index in [1.54, 1.807) is 6.20 Å². The molecular formula is C18H15F2N5S2. The third-order valence-electron chi connectivity index (χ3n) is 4.11. The lowest BCUT2D eigenvalue weighted by Gasteiger charge is -2.07. The van der Waals surface area contributed by atoms with Crippen LogP contribution in [-0.4, -0.2) is 19.7 Å². The van der Waals surface area contributed by atoms with E-state index in [1.807, 2.05) is 23.6 Å². The number of nitrogens with two attached hydrogens (primary N) is 1. The Balaban J connectivity index is 1.66. The number of hydrogen-bond acceptors (Lipinski definition) is 6. The van der Waals surface area contributed by atoms with Crippen LogP contribution in [0.2, 0.25) is 0 Å². The number of anilines is 1. The summed E-state index contributed by atoms with van der Waals surface area (Å²) in [7, 11) is 0. The Kier molecular flexibility index (Phi) is 4.79. The number of rotatable bonds is 5. The standard InChI is InChI=1S/C18H15F2N5S2/c1-2-25-16(15-14(21)12-4-3-7-22-17(12)27-15)23-24-18(25)26-9-10-5-6-11(19)8-13(10)20/h3-8H,2,9,21H2,1H3. The zero-order valence-corrected chi connectivity index (χ0v) is 15.9. The molecule has 4 rings (SSSR count). The van der Waals surface area contributed by atoms with Crippen molar-refractivity contribution < 1.29 is 8.78 Å². The lowest BCUT2D eigenvalue weighted by molar-refractivity contribution is 0.576. The number of nitrogens with zero attached hydrogens (tertiary/aromatic N) is 4. The molecule has 0 spiro atoms. The van der Waals surface area contributed by atoms with Gasteiger partial charge in [0.15, 0.2) is 11.0 Å². The van der Waals surface area contributed by atoms with Gasteiger partial charge in [-0.3, -0.25) is 0 Å². The molecule has 0 saturated heterocycles. The van der Waals surface area contributed by atoms with Gasteiger partial charge in [-0.15, -0.1) is 21.5 Å². The summed E-state index contributed by atoms with van der Waals surface area (Å²) < 4.78 is 28.9. The normalized spacial score (nSPS) is 11.4. The van der Waals surface area contributed by atoms with Crippen molar-refractivity contribution in [2.75, 3.05) is 5.73 Å². The first-order valence-electron chi connectivity index (χ1n) is 8.21. The molecule has 138 valence electrons. The minimum atomic E-state index is -0.589. The largest absolute Gasteiger partial charge is 0.397 e.